The molecule has 0 unspecified atom stereocenters. The number of hydrogen-bond donors (Lipinski definition) is 0. The molecule has 0 spiro atoms. The van der Waals surface area contributed by atoms with E-state index in [1.807, 2.05) is 27.7 Å². The molecule has 0 fully saturated rings. The molecule has 1 aliphatic heterocycles. The standard InChI is InChI=1S/C15H19N3O2/c1-10-11(7-16)8-17-13-9-18(6-5-12(10)13)14(19)20-15(2,3)4/h8H,5-6,9H2,1-4H3. The summed E-state index contributed by atoms with van der Waals surface area (Å²) in [5, 5.41) is 9.01. The van der Waals surface area contributed by atoms with Crippen LogP contribution < -0.4 is 0 Å². The van der Waals surface area contributed by atoms with E-state index < -0.39 is 5.60 Å². The summed E-state index contributed by atoms with van der Waals surface area (Å²) >= 11 is 0. The first-order valence-corrected chi connectivity index (χ1v) is 6.67. The summed E-state index contributed by atoms with van der Waals surface area (Å²) in [6.07, 6.45) is 1.97. The fraction of sp³-hybridized carbons (Fsp3) is 0.533. The number of nitriles is 1. The first-order chi connectivity index (χ1) is 9.31. The largest absolute Gasteiger partial charge is 0.444 e. The van der Waals surface area contributed by atoms with Crippen molar-refractivity contribution in [2.24, 2.45) is 0 Å². The Labute approximate surface area is 119 Å². The van der Waals surface area contributed by atoms with Gasteiger partial charge in [0, 0.05) is 12.7 Å². The van der Waals surface area contributed by atoms with Gasteiger partial charge in [-0.05, 0) is 45.2 Å². The van der Waals surface area contributed by atoms with E-state index in [2.05, 4.69) is 11.1 Å². The molecule has 1 amide bonds. The van der Waals surface area contributed by atoms with Crippen LogP contribution in [0.3, 0.4) is 0 Å². The van der Waals surface area contributed by atoms with Crippen molar-refractivity contribution in [2.45, 2.75) is 46.3 Å². The van der Waals surface area contributed by atoms with Gasteiger partial charge >= 0.3 is 6.09 Å². The molecule has 0 bridgehead atoms. The number of nitrogens with zero attached hydrogens (tertiary/aromatic N) is 3. The molecule has 5 nitrogen and oxygen atoms in total. The van der Waals surface area contributed by atoms with E-state index in [1.165, 1.54) is 0 Å². The third kappa shape index (κ3) is 2.90. The predicted octanol–water partition coefficient (Wildman–Crippen LogP) is 2.55. The lowest BCUT2D eigenvalue weighted by Gasteiger charge is -2.31. The van der Waals surface area contributed by atoms with Gasteiger partial charge in [0.1, 0.15) is 11.7 Å². The topological polar surface area (TPSA) is 66.2 Å². The van der Waals surface area contributed by atoms with Gasteiger partial charge in [0.15, 0.2) is 0 Å². The van der Waals surface area contributed by atoms with Crippen molar-refractivity contribution >= 4 is 6.09 Å². The minimum atomic E-state index is -0.495. The van der Waals surface area contributed by atoms with Gasteiger partial charge in [-0.25, -0.2) is 4.79 Å². The molecule has 2 rings (SSSR count). The molecule has 20 heavy (non-hydrogen) atoms. The van der Waals surface area contributed by atoms with E-state index in [1.54, 1.807) is 11.1 Å². The van der Waals surface area contributed by atoms with Crippen molar-refractivity contribution in [1.29, 1.82) is 5.26 Å². The first-order valence-electron chi connectivity index (χ1n) is 6.67. The zero-order chi connectivity index (χ0) is 14.9. The Balaban J connectivity index is 2.19. The van der Waals surface area contributed by atoms with Gasteiger partial charge in [0.05, 0.1) is 17.8 Å². The molecular weight excluding hydrogens is 254 g/mol. The summed E-state index contributed by atoms with van der Waals surface area (Å²) in [5.74, 6) is 0. The fourth-order valence-electron chi connectivity index (χ4n) is 2.27. The highest BCUT2D eigenvalue weighted by molar-refractivity contribution is 5.68. The third-order valence-electron chi connectivity index (χ3n) is 3.30. The molecule has 0 N–H and O–H groups in total. The Morgan fingerprint density at radius 2 is 2.20 bits per heavy atom. The first kappa shape index (κ1) is 14.3. The van der Waals surface area contributed by atoms with Crippen molar-refractivity contribution in [3.63, 3.8) is 0 Å². The molecule has 1 aromatic heterocycles. The van der Waals surface area contributed by atoms with Crippen LogP contribution in [0.25, 0.3) is 0 Å². The number of carbonyl (C=O) groups excluding carboxylic acids is 1. The van der Waals surface area contributed by atoms with Gasteiger partial charge in [-0.3, -0.25) is 4.98 Å². The van der Waals surface area contributed by atoms with Gasteiger partial charge in [-0.15, -0.1) is 0 Å². The van der Waals surface area contributed by atoms with Crippen molar-refractivity contribution in [2.75, 3.05) is 6.54 Å². The quantitative estimate of drug-likeness (QED) is 0.728. The van der Waals surface area contributed by atoms with Crippen LogP contribution in [0.15, 0.2) is 6.20 Å². The van der Waals surface area contributed by atoms with Gasteiger partial charge in [0.2, 0.25) is 0 Å². The van der Waals surface area contributed by atoms with Gasteiger partial charge < -0.3 is 9.64 Å². The molecule has 5 heteroatoms. The van der Waals surface area contributed by atoms with E-state index in [-0.39, 0.29) is 6.09 Å². The monoisotopic (exact) mass is 273 g/mol. The molecular formula is C15H19N3O2. The van der Waals surface area contributed by atoms with Crippen LogP contribution in [0.2, 0.25) is 0 Å². The van der Waals surface area contributed by atoms with Gasteiger partial charge in [-0.1, -0.05) is 0 Å². The lowest BCUT2D eigenvalue weighted by atomic mass is 9.97. The maximum Gasteiger partial charge on any atom is 0.410 e. The maximum absolute atomic E-state index is 12.1. The summed E-state index contributed by atoms with van der Waals surface area (Å²) in [6.45, 7) is 8.53. The Hall–Kier alpha value is -2.09. The molecule has 0 saturated heterocycles. The SMILES string of the molecule is Cc1c(C#N)cnc2c1CCN(C(=O)OC(C)(C)C)C2. The second kappa shape index (κ2) is 5.12. The molecule has 0 aromatic carbocycles. The van der Waals surface area contributed by atoms with Crippen LogP contribution in [-0.4, -0.2) is 28.1 Å². The van der Waals surface area contributed by atoms with Gasteiger partial charge in [0.25, 0.3) is 0 Å². The normalized spacial score (nSPS) is 14.4. The van der Waals surface area contributed by atoms with Crippen LogP contribution in [-0.2, 0) is 17.7 Å². The number of fused-ring (bicyclic) bond motifs is 1. The molecule has 0 radical (unpaired) electrons. The second-order valence-corrected chi connectivity index (χ2v) is 5.99. The molecule has 0 aliphatic carbocycles. The van der Waals surface area contributed by atoms with Gasteiger partial charge in [-0.2, -0.15) is 5.26 Å². The molecule has 1 aromatic rings. The van der Waals surface area contributed by atoms with Crippen LogP contribution in [0, 0.1) is 18.3 Å². The van der Waals surface area contributed by atoms with Crippen LogP contribution in [0.1, 0.15) is 43.2 Å². The van der Waals surface area contributed by atoms with Crippen LogP contribution in [0.4, 0.5) is 4.79 Å². The van der Waals surface area contributed by atoms with Crippen molar-refractivity contribution in [1.82, 2.24) is 9.88 Å². The number of aromatic nitrogens is 1. The number of amides is 1. The summed E-state index contributed by atoms with van der Waals surface area (Å²) in [6, 6.07) is 2.14. The lowest BCUT2D eigenvalue weighted by Crippen LogP contribution is -2.40. The minimum absolute atomic E-state index is 0.313. The predicted molar refractivity (Wildman–Crippen MR) is 74.0 cm³/mol. The Kier molecular flexibility index (Phi) is 3.67. The Morgan fingerprint density at radius 1 is 1.50 bits per heavy atom. The van der Waals surface area contributed by atoms with Crippen LogP contribution in [0.5, 0.6) is 0 Å². The highest BCUT2D eigenvalue weighted by atomic mass is 16.6. The molecule has 1 aliphatic rings. The van der Waals surface area contributed by atoms with E-state index in [0.29, 0.717) is 25.1 Å². The lowest BCUT2D eigenvalue weighted by molar-refractivity contribution is 0.0220. The smallest absolute Gasteiger partial charge is 0.410 e. The number of pyridine rings is 1. The fourth-order valence-corrected chi connectivity index (χ4v) is 2.27. The van der Waals surface area contributed by atoms with E-state index in [0.717, 1.165) is 16.8 Å². The summed E-state index contributed by atoms with van der Waals surface area (Å²) in [4.78, 5) is 18.0. The molecule has 106 valence electrons. The molecule has 2 heterocycles. The Bertz CT molecular complexity index is 582. The van der Waals surface area contributed by atoms with Crippen molar-refractivity contribution < 1.29 is 9.53 Å². The maximum atomic E-state index is 12.1. The zero-order valence-electron chi connectivity index (χ0n) is 12.4. The average molecular weight is 273 g/mol. The number of ether oxygens (including phenoxy) is 1. The summed E-state index contributed by atoms with van der Waals surface area (Å²) < 4.78 is 5.37. The second-order valence-electron chi connectivity index (χ2n) is 5.99. The van der Waals surface area contributed by atoms with Crippen molar-refractivity contribution in [3.8, 4) is 6.07 Å². The Morgan fingerprint density at radius 3 is 2.80 bits per heavy atom. The highest BCUT2D eigenvalue weighted by Crippen LogP contribution is 2.23. The number of hydrogen-bond acceptors (Lipinski definition) is 4. The summed E-state index contributed by atoms with van der Waals surface area (Å²) in [5.41, 5.74) is 3.03. The number of rotatable bonds is 0. The molecule has 0 saturated carbocycles. The number of carbonyl (C=O) groups is 1. The summed E-state index contributed by atoms with van der Waals surface area (Å²) in [7, 11) is 0. The van der Waals surface area contributed by atoms with Crippen molar-refractivity contribution in [3.05, 3.63) is 28.6 Å². The third-order valence-corrected chi connectivity index (χ3v) is 3.30. The minimum Gasteiger partial charge on any atom is -0.444 e. The zero-order valence-corrected chi connectivity index (χ0v) is 12.4. The van der Waals surface area contributed by atoms with Crippen LogP contribution >= 0.6 is 0 Å². The molecule has 0 atom stereocenters. The van der Waals surface area contributed by atoms with E-state index in [4.69, 9.17) is 10.00 Å². The van der Waals surface area contributed by atoms with E-state index in [9.17, 15) is 4.79 Å². The highest BCUT2D eigenvalue weighted by Gasteiger charge is 2.27. The average Bonchev–Trinajstić information content (AvgIpc) is 2.37. The van der Waals surface area contributed by atoms with E-state index >= 15 is 0 Å².